The van der Waals surface area contributed by atoms with Crippen molar-refractivity contribution in [3.05, 3.63) is 59.2 Å². The summed E-state index contributed by atoms with van der Waals surface area (Å²) < 4.78 is 0. The summed E-state index contributed by atoms with van der Waals surface area (Å²) in [6.45, 7) is 5.47. The van der Waals surface area contributed by atoms with Crippen LogP contribution in [0.4, 0.5) is 0 Å². The molecule has 2 heterocycles. The number of piperazine rings is 1. The predicted molar refractivity (Wildman–Crippen MR) is 94.1 cm³/mol. The van der Waals surface area contributed by atoms with Crippen molar-refractivity contribution in [3.8, 4) is 0 Å². The van der Waals surface area contributed by atoms with E-state index in [1.807, 2.05) is 23.1 Å². The molecule has 0 atom stereocenters. The number of benzene rings is 1. The van der Waals surface area contributed by atoms with E-state index in [1.165, 1.54) is 11.9 Å². The van der Waals surface area contributed by atoms with Crippen molar-refractivity contribution in [2.24, 2.45) is 0 Å². The maximum Gasteiger partial charge on any atom is 0.258 e. The minimum Gasteiger partial charge on any atom is -0.339 e. The topological polar surface area (TPSA) is 66.4 Å². The molecule has 3 rings (SSSR count). The Labute approximate surface area is 147 Å². The zero-order chi connectivity index (χ0) is 17.8. The molecule has 0 bridgehead atoms. The summed E-state index contributed by atoms with van der Waals surface area (Å²) in [7, 11) is 0. The van der Waals surface area contributed by atoms with Crippen LogP contribution in [0, 0.1) is 13.8 Å². The predicted octanol–water partition coefficient (Wildman–Crippen LogP) is 1.62. The van der Waals surface area contributed by atoms with Gasteiger partial charge in [-0.15, -0.1) is 0 Å². The standard InChI is InChI=1S/C19H22N4O2/c1-14-18(15(2)21-13-20-14)19(25)23-11-10-22(17(24)12-23)9-8-16-6-4-3-5-7-16/h3-7,13H,8-12H2,1-2H3. The van der Waals surface area contributed by atoms with E-state index in [9.17, 15) is 9.59 Å². The summed E-state index contributed by atoms with van der Waals surface area (Å²) in [5.41, 5.74) is 3.02. The first-order chi connectivity index (χ1) is 12.1. The molecule has 2 amide bonds. The van der Waals surface area contributed by atoms with Gasteiger partial charge in [0, 0.05) is 19.6 Å². The number of nitrogens with zero attached hydrogens (tertiary/aromatic N) is 4. The van der Waals surface area contributed by atoms with E-state index in [2.05, 4.69) is 22.1 Å². The normalized spacial score (nSPS) is 14.7. The molecule has 0 N–H and O–H groups in total. The average molecular weight is 338 g/mol. The van der Waals surface area contributed by atoms with Crippen molar-refractivity contribution >= 4 is 11.8 Å². The van der Waals surface area contributed by atoms with Gasteiger partial charge >= 0.3 is 0 Å². The summed E-state index contributed by atoms with van der Waals surface area (Å²) in [6.07, 6.45) is 2.28. The maximum absolute atomic E-state index is 12.7. The fourth-order valence-electron chi connectivity index (χ4n) is 3.09. The zero-order valence-electron chi connectivity index (χ0n) is 14.6. The molecule has 1 fully saturated rings. The minimum atomic E-state index is -0.161. The molecule has 130 valence electrons. The van der Waals surface area contributed by atoms with Gasteiger partial charge < -0.3 is 9.80 Å². The lowest BCUT2D eigenvalue weighted by Crippen LogP contribution is -2.52. The third-order valence-electron chi connectivity index (χ3n) is 4.56. The van der Waals surface area contributed by atoms with Crippen LogP contribution < -0.4 is 0 Å². The average Bonchev–Trinajstić information content (AvgIpc) is 2.61. The molecule has 0 spiro atoms. The molecule has 6 heteroatoms. The Morgan fingerprint density at radius 2 is 1.76 bits per heavy atom. The second-order valence-corrected chi connectivity index (χ2v) is 6.26. The van der Waals surface area contributed by atoms with Crippen LogP contribution in [0.5, 0.6) is 0 Å². The quantitative estimate of drug-likeness (QED) is 0.850. The molecular weight excluding hydrogens is 316 g/mol. The van der Waals surface area contributed by atoms with Crippen molar-refractivity contribution in [1.29, 1.82) is 0 Å². The van der Waals surface area contributed by atoms with Crippen molar-refractivity contribution in [2.75, 3.05) is 26.2 Å². The lowest BCUT2D eigenvalue weighted by atomic mass is 10.1. The third kappa shape index (κ3) is 3.84. The number of hydrogen-bond donors (Lipinski definition) is 0. The van der Waals surface area contributed by atoms with E-state index in [-0.39, 0.29) is 18.4 Å². The van der Waals surface area contributed by atoms with E-state index in [4.69, 9.17) is 0 Å². The SMILES string of the molecule is Cc1ncnc(C)c1C(=O)N1CCN(CCc2ccccc2)C(=O)C1. The lowest BCUT2D eigenvalue weighted by Gasteiger charge is -2.34. The van der Waals surface area contributed by atoms with E-state index in [0.29, 0.717) is 36.6 Å². The molecule has 0 unspecified atom stereocenters. The molecule has 25 heavy (non-hydrogen) atoms. The largest absolute Gasteiger partial charge is 0.339 e. The summed E-state index contributed by atoms with van der Waals surface area (Å²) in [4.78, 5) is 36.8. The number of carbonyl (C=O) groups is 2. The zero-order valence-corrected chi connectivity index (χ0v) is 14.6. The third-order valence-corrected chi connectivity index (χ3v) is 4.56. The summed E-state index contributed by atoms with van der Waals surface area (Å²) in [5, 5.41) is 0. The van der Waals surface area contributed by atoms with Gasteiger partial charge in [-0.2, -0.15) is 0 Å². The number of hydrogen-bond acceptors (Lipinski definition) is 4. The molecule has 1 aliphatic rings. The Morgan fingerprint density at radius 3 is 2.40 bits per heavy atom. The van der Waals surface area contributed by atoms with Crippen molar-refractivity contribution in [3.63, 3.8) is 0 Å². The molecule has 1 saturated heterocycles. The van der Waals surface area contributed by atoms with E-state index in [0.717, 1.165) is 6.42 Å². The molecule has 0 aliphatic carbocycles. The molecule has 1 aromatic heterocycles. The highest BCUT2D eigenvalue weighted by Crippen LogP contribution is 2.14. The van der Waals surface area contributed by atoms with Gasteiger partial charge in [0.2, 0.25) is 5.91 Å². The summed E-state index contributed by atoms with van der Waals surface area (Å²) in [6, 6.07) is 10.1. The highest BCUT2D eigenvalue weighted by Gasteiger charge is 2.29. The Balaban J connectivity index is 1.61. The summed E-state index contributed by atoms with van der Waals surface area (Å²) in [5.74, 6) is -0.172. The van der Waals surface area contributed by atoms with Crippen LogP contribution in [0.15, 0.2) is 36.7 Å². The van der Waals surface area contributed by atoms with Crippen LogP contribution in [0.25, 0.3) is 0 Å². The van der Waals surface area contributed by atoms with Gasteiger partial charge in [0.25, 0.3) is 5.91 Å². The maximum atomic E-state index is 12.7. The molecule has 0 saturated carbocycles. The van der Waals surface area contributed by atoms with Crippen LogP contribution in [-0.4, -0.2) is 57.8 Å². The number of carbonyl (C=O) groups excluding carboxylic acids is 2. The number of aromatic nitrogens is 2. The minimum absolute atomic E-state index is 0.0114. The second kappa shape index (κ2) is 7.42. The molecule has 6 nitrogen and oxygen atoms in total. The molecular formula is C19H22N4O2. The smallest absolute Gasteiger partial charge is 0.258 e. The Bertz CT molecular complexity index is 756. The fraction of sp³-hybridized carbons (Fsp3) is 0.368. The number of amides is 2. The summed E-state index contributed by atoms with van der Waals surface area (Å²) >= 11 is 0. The number of aryl methyl sites for hydroxylation is 2. The van der Waals surface area contributed by atoms with Gasteiger partial charge in [0.15, 0.2) is 0 Å². The highest BCUT2D eigenvalue weighted by molar-refractivity contribution is 5.98. The van der Waals surface area contributed by atoms with Gasteiger partial charge in [-0.25, -0.2) is 9.97 Å². The molecule has 2 aromatic rings. The van der Waals surface area contributed by atoms with Gasteiger partial charge in [-0.05, 0) is 25.8 Å². The van der Waals surface area contributed by atoms with E-state index >= 15 is 0 Å². The fourth-order valence-corrected chi connectivity index (χ4v) is 3.09. The number of rotatable bonds is 4. The molecule has 1 aliphatic heterocycles. The Morgan fingerprint density at radius 1 is 1.08 bits per heavy atom. The monoisotopic (exact) mass is 338 g/mol. The Kier molecular flexibility index (Phi) is 5.07. The molecule has 0 radical (unpaired) electrons. The van der Waals surface area contributed by atoms with Crippen molar-refractivity contribution in [2.45, 2.75) is 20.3 Å². The van der Waals surface area contributed by atoms with Crippen LogP contribution in [0.2, 0.25) is 0 Å². The van der Waals surface area contributed by atoms with Gasteiger partial charge in [-0.1, -0.05) is 30.3 Å². The first-order valence-corrected chi connectivity index (χ1v) is 8.45. The van der Waals surface area contributed by atoms with Crippen LogP contribution in [-0.2, 0) is 11.2 Å². The second-order valence-electron chi connectivity index (χ2n) is 6.26. The Hall–Kier alpha value is -2.76. The first-order valence-electron chi connectivity index (χ1n) is 8.45. The van der Waals surface area contributed by atoms with Crippen molar-refractivity contribution < 1.29 is 9.59 Å². The van der Waals surface area contributed by atoms with Crippen LogP contribution in [0.1, 0.15) is 27.3 Å². The first kappa shape index (κ1) is 17.1. The molecule has 1 aromatic carbocycles. The van der Waals surface area contributed by atoms with Crippen LogP contribution in [0.3, 0.4) is 0 Å². The van der Waals surface area contributed by atoms with Gasteiger partial charge in [-0.3, -0.25) is 9.59 Å². The van der Waals surface area contributed by atoms with Crippen LogP contribution >= 0.6 is 0 Å². The van der Waals surface area contributed by atoms with Crippen molar-refractivity contribution in [1.82, 2.24) is 19.8 Å². The highest BCUT2D eigenvalue weighted by atomic mass is 16.2. The lowest BCUT2D eigenvalue weighted by molar-refractivity contribution is -0.134. The van der Waals surface area contributed by atoms with E-state index < -0.39 is 0 Å². The van der Waals surface area contributed by atoms with Gasteiger partial charge in [0.1, 0.15) is 12.9 Å². The van der Waals surface area contributed by atoms with Gasteiger partial charge in [0.05, 0.1) is 17.0 Å². The van der Waals surface area contributed by atoms with E-state index in [1.54, 1.807) is 18.7 Å².